The predicted molar refractivity (Wildman–Crippen MR) is 37.8 cm³/mol. The van der Waals surface area contributed by atoms with Crippen LogP contribution in [0.3, 0.4) is 0 Å². The first kappa shape index (κ1) is 9.20. The molecule has 10 heavy (non-hydrogen) atoms. The Hall–Kier alpha value is -0.800. The maximum Gasteiger partial charge on any atom is 0.315 e. The second-order valence-corrected chi connectivity index (χ2v) is 1.67. The molecule has 0 heterocycles. The molecule has 0 aliphatic heterocycles. The number of carbonyl (C=O) groups excluding carboxylic acids is 2. The van der Waals surface area contributed by atoms with E-state index < -0.39 is 5.97 Å². The van der Waals surface area contributed by atoms with Gasteiger partial charge in [-0.3, -0.25) is 4.79 Å². The summed E-state index contributed by atoms with van der Waals surface area (Å²) in [5.41, 5.74) is 0. The van der Waals surface area contributed by atoms with Crippen LogP contribution in [0.15, 0.2) is 4.99 Å². The topological polar surface area (TPSA) is 55.7 Å². The molecule has 0 saturated carbocycles. The van der Waals surface area contributed by atoms with Crippen molar-refractivity contribution in [1.29, 1.82) is 0 Å². The second kappa shape index (κ2) is 6.32. The van der Waals surface area contributed by atoms with E-state index in [0.717, 1.165) is 0 Å². The van der Waals surface area contributed by atoms with Crippen molar-refractivity contribution in [3.8, 4) is 0 Å². The van der Waals surface area contributed by atoms with Crippen LogP contribution in [0.2, 0.25) is 0 Å². The van der Waals surface area contributed by atoms with Crippen molar-refractivity contribution in [2.75, 3.05) is 18.9 Å². The average molecular weight is 161 g/mol. The van der Waals surface area contributed by atoms with Gasteiger partial charge in [-0.15, -0.1) is 0 Å². The summed E-state index contributed by atoms with van der Waals surface area (Å²) in [4.78, 5) is 23.0. The molecular formula is C5H7NO3S. The number of thiol groups is 1. The lowest BCUT2D eigenvalue weighted by atomic mass is 10.7. The van der Waals surface area contributed by atoms with E-state index in [1.54, 1.807) is 0 Å². The molecule has 0 atom stereocenters. The number of hydrogen-bond donors (Lipinski definition) is 1. The Balaban J connectivity index is 3.19. The van der Waals surface area contributed by atoms with Gasteiger partial charge in [0, 0.05) is 0 Å². The molecule has 0 aromatic carbocycles. The fraction of sp³-hybridized carbons (Fsp3) is 0.600. The van der Waals surface area contributed by atoms with Gasteiger partial charge in [0.2, 0.25) is 6.08 Å². The summed E-state index contributed by atoms with van der Waals surface area (Å²) in [6.45, 7) is 0.289. The van der Waals surface area contributed by atoms with E-state index in [9.17, 15) is 9.59 Å². The monoisotopic (exact) mass is 161 g/mol. The van der Waals surface area contributed by atoms with Crippen molar-refractivity contribution in [1.82, 2.24) is 0 Å². The molecule has 0 unspecified atom stereocenters. The van der Waals surface area contributed by atoms with Crippen molar-refractivity contribution in [2.45, 2.75) is 0 Å². The van der Waals surface area contributed by atoms with Crippen LogP contribution in [-0.4, -0.2) is 31.0 Å². The SMILES string of the molecule is O=C=NCCOC(=O)CS. The van der Waals surface area contributed by atoms with Gasteiger partial charge in [-0.05, 0) is 0 Å². The Kier molecular flexibility index (Phi) is 5.82. The summed E-state index contributed by atoms with van der Waals surface area (Å²) in [6.07, 6.45) is 1.32. The van der Waals surface area contributed by atoms with Crippen LogP contribution in [0.25, 0.3) is 0 Å². The highest BCUT2D eigenvalue weighted by atomic mass is 32.1. The minimum atomic E-state index is -0.413. The number of isocyanates is 1. The quantitative estimate of drug-likeness (QED) is 0.204. The number of nitrogens with zero attached hydrogens (tertiary/aromatic N) is 1. The van der Waals surface area contributed by atoms with Gasteiger partial charge in [0.15, 0.2) is 0 Å². The van der Waals surface area contributed by atoms with E-state index in [0.29, 0.717) is 0 Å². The van der Waals surface area contributed by atoms with Gasteiger partial charge in [-0.2, -0.15) is 12.6 Å². The number of hydrogen-bond acceptors (Lipinski definition) is 5. The van der Waals surface area contributed by atoms with Gasteiger partial charge in [0.05, 0.1) is 12.3 Å². The Morgan fingerprint density at radius 1 is 1.70 bits per heavy atom. The first-order valence-electron chi connectivity index (χ1n) is 2.61. The van der Waals surface area contributed by atoms with Crippen molar-refractivity contribution in [2.24, 2.45) is 4.99 Å². The molecule has 56 valence electrons. The molecule has 5 heteroatoms. The minimum Gasteiger partial charge on any atom is -0.463 e. The van der Waals surface area contributed by atoms with Gasteiger partial charge >= 0.3 is 5.97 Å². The molecule has 0 bridgehead atoms. The Labute approximate surface area is 63.7 Å². The summed E-state index contributed by atoms with van der Waals surface area (Å²) in [5.74, 6) is -0.366. The Bertz CT molecular complexity index is 153. The molecule has 0 N–H and O–H groups in total. The van der Waals surface area contributed by atoms with Crippen LogP contribution in [-0.2, 0) is 14.3 Å². The average Bonchev–Trinajstić information content (AvgIpc) is 1.98. The van der Waals surface area contributed by atoms with E-state index in [-0.39, 0.29) is 18.9 Å². The molecular weight excluding hydrogens is 154 g/mol. The second-order valence-electron chi connectivity index (χ2n) is 1.35. The lowest BCUT2D eigenvalue weighted by molar-refractivity contribution is -0.140. The van der Waals surface area contributed by atoms with Crippen LogP contribution in [0.1, 0.15) is 0 Å². The van der Waals surface area contributed by atoms with E-state index in [2.05, 4.69) is 22.4 Å². The number of ether oxygens (including phenoxy) is 1. The number of esters is 1. The van der Waals surface area contributed by atoms with Crippen LogP contribution in [0.5, 0.6) is 0 Å². The van der Waals surface area contributed by atoms with E-state index in [4.69, 9.17) is 0 Å². The molecule has 0 spiro atoms. The fourth-order valence-electron chi connectivity index (χ4n) is 0.296. The summed E-state index contributed by atoms with van der Waals surface area (Å²) >= 11 is 3.66. The zero-order valence-electron chi connectivity index (χ0n) is 5.24. The molecule has 0 aliphatic rings. The molecule has 0 aromatic heterocycles. The van der Waals surface area contributed by atoms with Gasteiger partial charge in [0.25, 0.3) is 0 Å². The van der Waals surface area contributed by atoms with E-state index >= 15 is 0 Å². The van der Waals surface area contributed by atoms with E-state index in [1.165, 1.54) is 6.08 Å². The van der Waals surface area contributed by atoms with Crippen molar-refractivity contribution < 1.29 is 14.3 Å². The first-order valence-corrected chi connectivity index (χ1v) is 3.24. The maximum absolute atomic E-state index is 10.3. The van der Waals surface area contributed by atoms with Crippen LogP contribution >= 0.6 is 12.6 Å². The third kappa shape index (κ3) is 5.34. The summed E-state index contributed by atoms with van der Waals surface area (Å²) in [6, 6.07) is 0. The van der Waals surface area contributed by atoms with Gasteiger partial charge < -0.3 is 4.74 Å². The largest absolute Gasteiger partial charge is 0.463 e. The number of rotatable bonds is 4. The van der Waals surface area contributed by atoms with Gasteiger partial charge in [-0.1, -0.05) is 0 Å². The van der Waals surface area contributed by atoms with Gasteiger partial charge in [-0.25, -0.2) is 9.79 Å². The third-order valence-electron chi connectivity index (χ3n) is 0.660. The Morgan fingerprint density at radius 3 is 2.90 bits per heavy atom. The van der Waals surface area contributed by atoms with Crippen molar-refractivity contribution in [3.63, 3.8) is 0 Å². The molecule has 0 fully saturated rings. The molecule has 0 amide bonds. The van der Waals surface area contributed by atoms with Crippen molar-refractivity contribution in [3.05, 3.63) is 0 Å². The smallest absolute Gasteiger partial charge is 0.315 e. The molecule has 0 aromatic rings. The molecule has 0 rings (SSSR count). The molecule has 4 nitrogen and oxygen atoms in total. The highest BCUT2D eigenvalue weighted by Gasteiger charge is 1.95. The van der Waals surface area contributed by atoms with Crippen LogP contribution in [0, 0.1) is 0 Å². The lowest BCUT2D eigenvalue weighted by Gasteiger charge is -1.96. The first-order chi connectivity index (χ1) is 4.81. The highest BCUT2D eigenvalue weighted by Crippen LogP contribution is 1.81. The number of carbonyl (C=O) groups is 1. The zero-order valence-corrected chi connectivity index (χ0v) is 6.13. The third-order valence-corrected chi connectivity index (χ3v) is 0.918. The Morgan fingerprint density at radius 2 is 2.40 bits per heavy atom. The minimum absolute atomic E-state index is 0.0464. The summed E-state index contributed by atoms with van der Waals surface area (Å²) in [5, 5.41) is 0. The maximum atomic E-state index is 10.3. The van der Waals surface area contributed by atoms with E-state index in [1.807, 2.05) is 0 Å². The summed E-state index contributed by atoms with van der Waals surface area (Å²) in [7, 11) is 0. The van der Waals surface area contributed by atoms with Gasteiger partial charge in [0.1, 0.15) is 6.61 Å². The fourth-order valence-corrected chi connectivity index (χ4v) is 0.388. The molecule has 0 saturated heterocycles. The molecule has 0 aliphatic carbocycles. The highest BCUT2D eigenvalue weighted by molar-refractivity contribution is 7.81. The zero-order chi connectivity index (χ0) is 7.82. The van der Waals surface area contributed by atoms with Crippen molar-refractivity contribution >= 4 is 24.7 Å². The lowest BCUT2D eigenvalue weighted by Crippen LogP contribution is -2.08. The predicted octanol–water partition coefficient (Wildman–Crippen LogP) is -0.205. The van der Waals surface area contributed by atoms with Crippen LogP contribution < -0.4 is 0 Å². The number of aliphatic imine (C=N–C) groups is 1. The van der Waals surface area contributed by atoms with Crippen LogP contribution in [0.4, 0.5) is 0 Å². The molecule has 0 radical (unpaired) electrons. The standard InChI is InChI=1S/C5H7NO3S/c7-4-6-1-2-9-5(8)3-10/h10H,1-3H2. The summed E-state index contributed by atoms with van der Waals surface area (Å²) < 4.78 is 4.51. The normalized spacial score (nSPS) is 8.10.